The third-order valence-electron chi connectivity index (χ3n) is 6.53. The number of alkyl halides is 3. The van der Waals surface area contributed by atoms with Gasteiger partial charge in [-0.1, -0.05) is 55.0 Å². The van der Waals surface area contributed by atoms with Crippen LogP contribution >= 0.6 is 0 Å². The number of carbonyl (C=O) groups excluding carboxylic acids is 1. The van der Waals surface area contributed by atoms with Crippen LogP contribution in [0, 0.1) is 11.8 Å². The van der Waals surface area contributed by atoms with Crippen LogP contribution in [0.4, 0.5) is 18.0 Å². The number of amides is 1. The molecule has 8 heteroatoms. The van der Waals surface area contributed by atoms with Crippen molar-refractivity contribution in [2.45, 2.75) is 43.8 Å². The molecule has 0 radical (unpaired) electrons. The number of fused-ring (bicyclic) bond motifs is 3. The molecule has 4 rings (SSSR count). The molecule has 1 amide bonds. The summed E-state index contributed by atoms with van der Waals surface area (Å²) in [6.45, 7) is 0.00203. The average Bonchev–Trinajstić information content (AvgIpc) is 3.09. The van der Waals surface area contributed by atoms with Crippen LogP contribution in [0.3, 0.4) is 0 Å². The van der Waals surface area contributed by atoms with Crippen molar-refractivity contribution in [3.63, 3.8) is 0 Å². The highest BCUT2D eigenvalue weighted by Crippen LogP contribution is 2.44. The van der Waals surface area contributed by atoms with Gasteiger partial charge in [0.2, 0.25) is 0 Å². The van der Waals surface area contributed by atoms with E-state index >= 15 is 0 Å². The summed E-state index contributed by atoms with van der Waals surface area (Å²) >= 11 is 0. The lowest BCUT2D eigenvalue weighted by Crippen LogP contribution is -2.48. The highest BCUT2D eigenvalue weighted by atomic mass is 19.4. The largest absolute Gasteiger partial charge is 0.480 e. The van der Waals surface area contributed by atoms with Gasteiger partial charge in [0.1, 0.15) is 12.6 Å². The topological polar surface area (TPSA) is 75.6 Å². The molecular weight excluding hydrogens is 423 g/mol. The Morgan fingerprint density at radius 1 is 1.03 bits per heavy atom. The van der Waals surface area contributed by atoms with Crippen LogP contribution in [0.5, 0.6) is 0 Å². The molecule has 2 aromatic rings. The van der Waals surface area contributed by atoms with Crippen molar-refractivity contribution in [2.75, 3.05) is 6.61 Å². The number of nitrogens with one attached hydrogen (secondary N) is 1. The van der Waals surface area contributed by atoms with Gasteiger partial charge in [-0.25, -0.2) is 9.59 Å². The van der Waals surface area contributed by atoms with Crippen LogP contribution in [0.25, 0.3) is 11.1 Å². The number of carboxylic acid groups (broad SMARTS) is 1. The number of carbonyl (C=O) groups is 2. The minimum absolute atomic E-state index is 0.00203. The quantitative estimate of drug-likeness (QED) is 0.648. The zero-order valence-electron chi connectivity index (χ0n) is 17.3. The molecule has 2 aliphatic carbocycles. The van der Waals surface area contributed by atoms with Crippen molar-refractivity contribution < 1.29 is 32.6 Å². The normalized spacial score (nSPS) is 21.3. The number of alkyl carbamates (subject to hydrolysis) is 1. The maximum Gasteiger partial charge on any atom is 0.407 e. The Labute approximate surface area is 183 Å². The molecule has 3 unspecified atom stereocenters. The Morgan fingerprint density at radius 2 is 1.62 bits per heavy atom. The number of ether oxygens (including phenoxy) is 1. The van der Waals surface area contributed by atoms with Gasteiger partial charge in [-0.15, -0.1) is 0 Å². The first-order valence-corrected chi connectivity index (χ1v) is 10.7. The highest BCUT2D eigenvalue weighted by molar-refractivity contribution is 5.81. The third-order valence-corrected chi connectivity index (χ3v) is 6.53. The van der Waals surface area contributed by atoms with Gasteiger partial charge >= 0.3 is 18.2 Å². The first-order valence-electron chi connectivity index (χ1n) is 10.7. The summed E-state index contributed by atoms with van der Waals surface area (Å²) in [7, 11) is 0. The lowest BCUT2D eigenvalue weighted by molar-refractivity contribution is -0.187. The minimum atomic E-state index is -4.37. The maximum atomic E-state index is 13.1. The van der Waals surface area contributed by atoms with Crippen molar-refractivity contribution in [1.82, 2.24) is 5.32 Å². The fourth-order valence-electron chi connectivity index (χ4n) is 4.98. The van der Waals surface area contributed by atoms with Gasteiger partial charge in [-0.2, -0.15) is 13.2 Å². The zero-order chi connectivity index (χ0) is 22.9. The van der Waals surface area contributed by atoms with E-state index in [9.17, 15) is 27.9 Å². The van der Waals surface area contributed by atoms with Gasteiger partial charge in [0.25, 0.3) is 0 Å². The second-order valence-corrected chi connectivity index (χ2v) is 8.45. The van der Waals surface area contributed by atoms with Crippen molar-refractivity contribution in [2.24, 2.45) is 11.8 Å². The monoisotopic (exact) mass is 447 g/mol. The SMILES string of the molecule is O=C(NC(C(=O)O)C1CCCC(C(F)(F)F)C1)OCC1c2ccccc2-c2ccccc21. The molecule has 2 aromatic carbocycles. The second-order valence-electron chi connectivity index (χ2n) is 8.45. The van der Waals surface area contributed by atoms with Gasteiger partial charge < -0.3 is 15.2 Å². The summed E-state index contributed by atoms with van der Waals surface area (Å²) in [5.41, 5.74) is 4.13. The Morgan fingerprint density at radius 3 is 2.19 bits per heavy atom. The van der Waals surface area contributed by atoms with E-state index in [4.69, 9.17) is 4.74 Å². The molecule has 1 saturated carbocycles. The van der Waals surface area contributed by atoms with Crippen LogP contribution in [0.2, 0.25) is 0 Å². The Hall–Kier alpha value is -3.03. The van der Waals surface area contributed by atoms with E-state index in [0.29, 0.717) is 6.42 Å². The van der Waals surface area contributed by atoms with Gasteiger partial charge in [0.15, 0.2) is 0 Å². The molecule has 0 aliphatic heterocycles. The van der Waals surface area contributed by atoms with E-state index < -0.39 is 36.1 Å². The Balaban J connectivity index is 1.42. The average molecular weight is 447 g/mol. The number of hydrogen-bond acceptors (Lipinski definition) is 3. The predicted molar refractivity (Wildman–Crippen MR) is 111 cm³/mol. The van der Waals surface area contributed by atoms with Crippen LogP contribution < -0.4 is 5.32 Å². The van der Waals surface area contributed by atoms with Gasteiger partial charge in [-0.3, -0.25) is 0 Å². The number of rotatable bonds is 5. The number of hydrogen-bond donors (Lipinski definition) is 2. The van der Waals surface area contributed by atoms with E-state index in [2.05, 4.69) is 5.32 Å². The first kappa shape index (κ1) is 22.2. The summed E-state index contributed by atoms with van der Waals surface area (Å²) in [4.78, 5) is 24.2. The van der Waals surface area contributed by atoms with E-state index in [1.54, 1.807) is 0 Å². The molecule has 3 atom stereocenters. The lowest BCUT2D eigenvalue weighted by Gasteiger charge is -2.33. The van der Waals surface area contributed by atoms with Crippen LogP contribution in [-0.4, -0.2) is 36.0 Å². The van der Waals surface area contributed by atoms with E-state index in [1.165, 1.54) is 0 Å². The summed E-state index contributed by atoms with van der Waals surface area (Å²) in [6, 6.07) is 14.2. The van der Waals surface area contributed by atoms with Gasteiger partial charge in [0.05, 0.1) is 5.92 Å². The molecule has 0 heterocycles. The van der Waals surface area contributed by atoms with E-state index in [-0.39, 0.29) is 31.8 Å². The van der Waals surface area contributed by atoms with Crippen LogP contribution in [0.1, 0.15) is 42.7 Å². The molecule has 0 aromatic heterocycles. The molecule has 1 fully saturated rings. The molecule has 170 valence electrons. The van der Waals surface area contributed by atoms with Crippen molar-refractivity contribution in [3.05, 3.63) is 59.7 Å². The molecule has 2 aliphatic rings. The predicted octanol–water partition coefficient (Wildman–Crippen LogP) is 5.35. The lowest BCUT2D eigenvalue weighted by atomic mass is 9.77. The highest BCUT2D eigenvalue weighted by Gasteiger charge is 2.45. The third kappa shape index (κ3) is 4.45. The van der Waals surface area contributed by atoms with Crippen LogP contribution in [0.15, 0.2) is 48.5 Å². The number of benzene rings is 2. The first-order chi connectivity index (χ1) is 15.3. The zero-order valence-corrected chi connectivity index (χ0v) is 17.3. The van der Waals surface area contributed by atoms with Gasteiger partial charge in [-0.05, 0) is 47.4 Å². The molecule has 0 spiro atoms. The summed E-state index contributed by atoms with van der Waals surface area (Å²) < 4.78 is 44.7. The fraction of sp³-hybridized carbons (Fsp3) is 0.417. The van der Waals surface area contributed by atoms with E-state index in [0.717, 1.165) is 22.3 Å². The standard InChI is InChI=1S/C24H24F3NO4/c25-24(26,27)15-7-5-6-14(12-15)21(22(29)30)28-23(31)32-13-20-18-10-3-1-8-16(18)17-9-2-4-11-19(17)20/h1-4,8-11,14-15,20-21H,5-7,12-13H2,(H,28,31)(H,29,30). The van der Waals surface area contributed by atoms with Gasteiger partial charge in [0, 0.05) is 5.92 Å². The Bertz CT molecular complexity index is 961. The maximum absolute atomic E-state index is 13.1. The van der Waals surface area contributed by atoms with Crippen molar-refractivity contribution >= 4 is 12.1 Å². The molecule has 32 heavy (non-hydrogen) atoms. The number of aliphatic carboxylic acids is 1. The smallest absolute Gasteiger partial charge is 0.407 e. The number of halogens is 3. The van der Waals surface area contributed by atoms with E-state index in [1.807, 2.05) is 48.5 Å². The molecule has 0 bridgehead atoms. The minimum Gasteiger partial charge on any atom is -0.480 e. The second kappa shape index (κ2) is 8.84. The Kier molecular flexibility index (Phi) is 6.13. The molecule has 0 saturated heterocycles. The fourth-order valence-corrected chi connectivity index (χ4v) is 4.98. The van der Waals surface area contributed by atoms with Crippen LogP contribution in [-0.2, 0) is 9.53 Å². The molecule has 2 N–H and O–H groups in total. The summed E-state index contributed by atoms with van der Waals surface area (Å²) in [5, 5.41) is 11.9. The van der Waals surface area contributed by atoms with Crippen molar-refractivity contribution in [3.8, 4) is 11.1 Å². The molecular formula is C24H24F3NO4. The number of carboxylic acids is 1. The molecule has 5 nitrogen and oxygen atoms in total. The summed E-state index contributed by atoms with van der Waals surface area (Å²) in [5.74, 6) is -3.90. The summed E-state index contributed by atoms with van der Waals surface area (Å²) in [6.07, 6.45) is -5.06. The van der Waals surface area contributed by atoms with Crippen molar-refractivity contribution in [1.29, 1.82) is 0 Å².